The third-order valence-corrected chi connectivity index (χ3v) is 5.73. The molecule has 0 radical (unpaired) electrons. The molecule has 2 aromatic rings. The van der Waals surface area contributed by atoms with Crippen LogP contribution in [0.3, 0.4) is 0 Å². The number of fused-ring (bicyclic) bond motifs is 1. The van der Waals surface area contributed by atoms with Gasteiger partial charge in [0.1, 0.15) is 5.82 Å². The second kappa shape index (κ2) is 6.62. The summed E-state index contributed by atoms with van der Waals surface area (Å²) in [7, 11) is 0. The molecule has 3 nitrogen and oxygen atoms in total. The van der Waals surface area contributed by atoms with Gasteiger partial charge in [0.15, 0.2) is 0 Å². The van der Waals surface area contributed by atoms with E-state index in [1.807, 2.05) is 0 Å². The van der Waals surface area contributed by atoms with E-state index >= 15 is 0 Å². The fraction of sp³-hybridized carbons (Fsp3) is 0.571. The smallest absolute Gasteiger partial charge is 0.133 e. The fourth-order valence-electron chi connectivity index (χ4n) is 4.45. The molecule has 128 valence electrons. The average Bonchev–Trinajstić information content (AvgIpc) is 2.78. The molecule has 0 bridgehead atoms. The molecule has 1 aromatic heterocycles. The number of hydrogen-bond acceptors (Lipinski definition) is 2. The van der Waals surface area contributed by atoms with Gasteiger partial charge in [0.25, 0.3) is 0 Å². The van der Waals surface area contributed by atoms with Gasteiger partial charge >= 0.3 is 0 Å². The quantitative estimate of drug-likeness (QED) is 0.814. The van der Waals surface area contributed by atoms with Crippen LogP contribution in [0.2, 0.25) is 0 Å². The third-order valence-electron chi connectivity index (χ3n) is 5.73. The van der Waals surface area contributed by atoms with Gasteiger partial charge in [-0.15, -0.1) is 0 Å². The van der Waals surface area contributed by atoms with Crippen molar-refractivity contribution in [3.8, 4) is 5.69 Å². The average molecular weight is 323 g/mol. The summed E-state index contributed by atoms with van der Waals surface area (Å²) >= 11 is 0. The molecule has 1 fully saturated rings. The highest BCUT2D eigenvalue weighted by Gasteiger charge is 2.27. The molecule has 0 saturated heterocycles. The SMILES string of the molecule is Cc1ccc(-n2nc(C3CCCCC3)c3c2NCCCC3)c(C)c1. The largest absolute Gasteiger partial charge is 0.370 e. The van der Waals surface area contributed by atoms with Crippen molar-refractivity contribution in [3.05, 3.63) is 40.6 Å². The first-order valence-electron chi connectivity index (χ1n) is 9.67. The Hall–Kier alpha value is -1.77. The van der Waals surface area contributed by atoms with Gasteiger partial charge in [-0.1, -0.05) is 37.0 Å². The summed E-state index contributed by atoms with van der Waals surface area (Å²) in [5.74, 6) is 1.93. The van der Waals surface area contributed by atoms with E-state index in [1.165, 1.54) is 85.3 Å². The van der Waals surface area contributed by atoms with Crippen LogP contribution in [0.1, 0.15) is 73.2 Å². The monoisotopic (exact) mass is 323 g/mol. The molecule has 0 spiro atoms. The fourth-order valence-corrected chi connectivity index (χ4v) is 4.45. The molecule has 24 heavy (non-hydrogen) atoms. The summed E-state index contributed by atoms with van der Waals surface area (Å²) in [6, 6.07) is 6.70. The number of anilines is 1. The minimum atomic E-state index is 0.666. The van der Waals surface area contributed by atoms with E-state index in [9.17, 15) is 0 Å². The van der Waals surface area contributed by atoms with Gasteiger partial charge in [-0.3, -0.25) is 0 Å². The van der Waals surface area contributed by atoms with Crippen molar-refractivity contribution >= 4 is 5.82 Å². The number of aryl methyl sites for hydroxylation is 2. The summed E-state index contributed by atoms with van der Waals surface area (Å²) in [6.07, 6.45) is 10.5. The van der Waals surface area contributed by atoms with Gasteiger partial charge < -0.3 is 5.32 Å². The van der Waals surface area contributed by atoms with Crippen LogP contribution in [0, 0.1) is 13.8 Å². The van der Waals surface area contributed by atoms with Gasteiger partial charge in [-0.05, 0) is 57.6 Å². The predicted octanol–water partition coefficient (Wildman–Crippen LogP) is 5.29. The minimum absolute atomic E-state index is 0.666. The third kappa shape index (κ3) is 2.85. The van der Waals surface area contributed by atoms with E-state index < -0.39 is 0 Å². The lowest BCUT2D eigenvalue weighted by atomic mass is 9.85. The van der Waals surface area contributed by atoms with Crippen molar-refractivity contribution < 1.29 is 0 Å². The van der Waals surface area contributed by atoms with Crippen LogP contribution in [-0.4, -0.2) is 16.3 Å². The van der Waals surface area contributed by atoms with E-state index in [1.54, 1.807) is 0 Å². The highest BCUT2D eigenvalue weighted by molar-refractivity contribution is 5.57. The molecule has 0 atom stereocenters. The second-order valence-corrected chi connectivity index (χ2v) is 7.63. The lowest BCUT2D eigenvalue weighted by Gasteiger charge is -2.20. The molecule has 2 heterocycles. The zero-order valence-corrected chi connectivity index (χ0v) is 15.1. The molecular weight excluding hydrogens is 294 g/mol. The van der Waals surface area contributed by atoms with Crippen LogP contribution in [0.15, 0.2) is 18.2 Å². The van der Waals surface area contributed by atoms with Crippen LogP contribution in [0.4, 0.5) is 5.82 Å². The topological polar surface area (TPSA) is 29.9 Å². The molecule has 1 aromatic carbocycles. The molecule has 0 amide bonds. The number of nitrogens with one attached hydrogen (secondary N) is 1. The molecule has 3 heteroatoms. The Labute approximate surface area is 145 Å². The number of benzene rings is 1. The van der Waals surface area contributed by atoms with Crippen molar-refractivity contribution in [2.45, 2.75) is 71.1 Å². The van der Waals surface area contributed by atoms with Crippen molar-refractivity contribution in [1.82, 2.24) is 9.78 Å². The summed E-state index contributed by atoms with van der Waals surface area (Å²) < 4.78 is 2.21. The molecule has 2 aliphatic rings. The second-order valence-electron chi connectivity index (χ2n) is 7.63. The number of rotatable bonds is 2. The van der Waals surface area contributed by atoms with Crippen molar-refractivity contribution in [1.29, 1.82) is 0 Å². The summed E-state index contributed by atoms with van der Waals surface area (Å²) in [5.41, 5.74) is 6.74. The maximum absolute atomic E-state index is 5.17. The Morgan fingerprint density at radius 2 is 1.88 bits per heavy atom. The Balaban J connectivity index is 1.82. The first-order valence-corrected chi connectivity index (χ1v) is 9.67. The Morgan fingerprint density at radius 1 is 1.04 bits per heavy atom. The maximum atomic E-state index is 5.17. The minimum Gasteiger partial charge on any atom is -0.370 e. The normalized spacial score (nSPS) is 18.8. The highest BCUT2D eigenvalue weighted by Crippen LogP contribution is 2.38. The van der Waals surface area contributed by atoms with E-state index in [0.29, 0.717) is 5.92 Å². The maximum Gasteiger partial charge on any atom is 0.133 e. The van der Waals surface area contributed by atoms with E-state index in [-0.39, 0.29) is 0 Å². The van der Waals surface area contributed by atoms with Crippen LogP contribution in [0.25, 0.3) is 5.69 Å². The van der Waals surface area contributed by atoms with Gasteiger partial charge in [-0.25, -0.2) is 4.68 Å². The van der Waals surface area contributed by atoms with E-state index in [4.69, 9.17) is 5.10 Å². The summed E-state index contributed by atoms with van der Waals surface area (Å²) in [5, 5.41) is 8.87. The van der Waals surface area contributed by atoms with E-state index in [2.05, 4.69) is 42.0 Å². The predicted molar refractivity (Wildman–Crippen MR) is 100 cm³/mol. The van der Waals surface area contributed by atoms with Gasteiger partial charge in [0.2, 0.25) is 0 Å². The van der Waals surface area contributed by atoms with Gasteiger partial charge in [0.05, 0.1) is 11.4 Å². The zero-order chi connectivity index (χ0) is 16.5. The standard InChI is InChI=1S/C21H29N3/c1-15-11-12-19(16(2)14-15)24-21-18(10-6-7-13-22-21)20(23-24)17-8-4-3-5-9-17/h11-12,14,17,22H,3-10,13H2,1-2H3. The van der Waals surface area contributed by atoms with Crippen molar-refractivity contribution in [3.63, 3.8) is 0 Å². The van der Waals surface area contributed by atoms with Gasteiger partial charge in [-0.2, -0.15) is 5.10 Å². The highest BCUT2D eigenvalue weighted by atomic mass is 15.3. The summed E-state index contributed by atoms with van der Waals surface area (Å²) in [6.45, 7) is 5.42. The molecular formula is C21H29N3. The molecule has 1 aliphatic heterocycles. The number of nitrogens with zero attached hydrogens (tertiary/aromatic N) is 2. The Morgan fingerprint density at radius 3 is 2.67 bits per heavy atom. The first-order chi connectivity index (χ1) is 11.7. The number of hydrogen-bond donors (Lipinski definition) is 1. The molecule has 1 aliphatic carbocycles. The van der Waals surface area contributed by atoms with Crippen LogP contribution in [0.5, 0.6) is 0 Å². The zero-order valence-electron chi connectivity index (χ0n) is 15.1. The lowest BCUT2D eigenvalue weighted by Crippen LogP contribution is -2.09. The molecule has 4 rings (SSSR count). The van der Waals surface area contributed by atoms with Crippen molar-refractivity contribution in [2.75, 3.05) is 11.9 Å². The molecule has 1 saturated carbocycles. The van der Waals surface area contributed by atoms with Gasteiger partial charge in [0, 0.05) is 18.0 Å². The van der Waals surface area contributed by atoms with Crippen LogP contribution in [-0.2, 0) is 6.42 Å². The van der Waals surface area contributed by atoms with Crippen LogP contribution < -0.4 is 5.32 Å². The molecule has 0 unspecified atom stereocenters. The van der Waals surface area contributed by atoms with Crippen molar-refractivity contribution in [2.24, 2.45) is 0 Å². The lowest BCUT2D eigenvalue weighted by molar-refractivity contribution is 0.432. The Kier molecular flexibility index (Phi) is 4.34. The summed E-state index contributed by atoms with van der Waals surface area (Å²) in [4.78, 5) is 0. The van der Waals surface area contributed by atoms with Crippen LogP contribution >= 0.6 is 0 Å². The number of aromatic nitrogens is 2. The molecule has 1 N–H and O–H groups in total. The first kappa shape index (κ1) is 15.7. The Bertz CT molecular complexity index is 723. The van der Waals surface area contributed by atoms with E-state index in [0.717, 1.165) is 6.54 Å².